The number of hydrogen-bond acceptors (Lipinski definition) is 3. The summed E-state index contributed by atoms with van der Waals surface area (Å²) in [7, 11) is 0. The summed E-state index contributed by atoms with van der Waals surface area (Å²) in [5.41, 5.74) is 11.7. The number of halogens is 1. The molecule has 4 heteroatoms. The summed E-state index contributed by atoms with van der Waals surface area (Å²) in [6, 6.07) is 45.0. The van der Waals surface area contributed by atoms with Crippen LogP contribution in [-0.2, 0) is 0 Å². The second-order valence-electron chi connectivity index (χ2n) is 10.4. The first-order valence-corrected chi connectivity index (χ1v) is 14.9. The highest BCUT2D eigenvalue weighted by Gasteiger charge is 2.13. The average Bonchev–Trinajstić information content (AvgIpc) is 3.44. The molecule has 0 aliphatic heterocycles. The fourth-order valence-corrected chi connectivity index (χ4v) is 6.02. The van der Waals surface area contributed by atoms with E-state index in [4.69, 9.17) is 9.40 Å². The van der Waals surface area contributed by atoms with Crippen molar-refractivity contribution in [3.05, 3.63) is 143 Å². The Morgan fingerprint density at radius 3 is 1.88 bits per heavy atom. The molecule has 5 aromatic carbocycles. The first kappa shape index (κ1) is 24.9. The lowest BCUT2D eigenvalue weighted by Crippen LogP contribution is -1.86. The van der Waals surface area contributed by atoms with Gasteiger partial charge in [-0.25, -0.2) is 4.98 Å². The Bertz CT molecular complexity index is 2230. The molecule has 0 atom stereocenters. The first-order chi connectivity index (χ1) is 20.7. The predicted octanol–water partition coefficient (Wildman–Crippen LogP) is 10.8. The van der Waals surface area contributed by atoms with Crippen LogP contribution < -0.4 is 0 Å². The summed E-state index contributed by atoms with van der Waals surface area (Å²) in [5, 5.41) is 3.24. The molecule has 0 bridgehead atoms. The summed E-state index contributed by atoms with van der Waals surface area (Å²) in [6.07, 6.45) is 3.73. The van der Waals surface area contributed by atoms with Gasteiger partial charge in [-0.15, -0.1) is 0 Å². The van der Waals surface area contributed by atoms with Crippen LogP contribution in [0.3, 0.4) is 0 Å². The largest absolute Gasteiger partial charge is 0.437 e. The zero-order chi connectivity index (χ0) is 28.0. The molecule has 0 N–H and O–H groups in total. The molecular weight excluding hydrogens is 627 g/mol. The van der Waals surface area contributed by atoms with Gasteiger partial charge in [0.1, 0.15) is 5.58 Å². The zero-order valence-corrected chi connectivity index (χ0v) is 24.6. The fourth-order valence-electron chi connectivity index (χ4n) is 5.66. The van der Waals surface area contributed by atoms with Crippen molar-refractivity contribution in [2.45, 2.75) is 0 Å². The smallest absolute Gasteiger partial charge is 0.227 e. The van der Waals surface area contributed by atoms with Gasteiger partial charge in [0.15, 0.2) is 0 Å². The minimum atomic E-state index is 0.668. The monoisotopic (exact) mass is 650 g/mol. The maximum absolute atomic E-state index is 6.15. The molecule has 0 aliphatic rings. The minimum absolute atomic E-state index is 0.668. The summed E-state index contributed by atoms with van der Waals surface area (Å²) in [5.74, 6) is 0. The maximum atomic E-state index is 6.15. The van der Waals surface area contributed by atoms with Crippen LogP contribution in [-0.4, -0.2) is 9.97 Å². The third-order valence-corrected chi connectivity index (χ3v) is 8.60. The van der Waals surface area contributed by atoms with Crippen LogP contribution in [0, 0.1) is 3.57 Å². The highest BCUT2D eigenvalue weighted by Crippen LogP contribution is 2.36. The van der Waals surface area contributed by atoms with Crippen LogP contribution in [0.4, 0.5) is 0 Å². The van der Waals surface area contributed by atoms with Crippen LogP contribution in [0.15, 0.2) is 144 Å². The number of fused-ring (bicyclic) bond motifs is 4. The van der Waals surface area contributed by atoms with Gasteiger partial charge in [0.2, 0.25) is 5.71 Å². The van der Waals surface area contributed by atoms with E-state index in [1.165, 1.54) is 20.3 Å². The molecule has 198 valence electrons. The number of aromatic nitrogens is 2. The molecule has 3 nitrogen and oxygen atoms in total. The Balaban J connectivity index is 1.07. The Labute approximate surface area is 256 Å². The van der Waals surface area contributed by atoms with Crippen LogP contribution in [0.1, 0.15) is 0 Å². The van der Waals surface area contributed by atoms with E-state index in [0.717, 1.165) is 55.1 Å². The molecule has 0 aliphatic carbocycles. The highest BCUT2D eigenvalue weighted by atomic mass is 127. The first-order valence-electron chi connectivity index (χ1n) is 13.8. The van der Waals surface area contributed by atoms with Crippen molar-refractivity contribution in [3.8, 4) is 44.5 Å². The molecule has 3 aromatic heterocycles. The van der Waals surface area contributed by atoms with Gasteiger partial charge >= 0.3 is 0 Å². The van der Waals surface area contributed by atoms with Gasteiger partial charge in [-0.2, -0.15) is 0 Å². The Hall–Kier alpha value is -4.81. The fraction of sp³-hybridized carbons (Fsp3) is 0. The van der Waals surface area contributed by atoms with Gasteiger partial charge in [0, 0.05) is 43.2 Å². The number of para-hydroxylation sites is 1. The predicted molar refractivity (Wildman–Crippen MR) is 181 cm³/mol. The molecule has 0 unspecified atom stereocenters. The lowest BCUT2D eigenvalue weighted by Gasteiger charge is -2.09. The highest BCUT2D eigenvalue weighted by molar-refractivity contribution is 14.1. The number of hydrogen-bond donors (Lipinski definition) is 0. The molecule has 0 fully saturated rings. The molecule has 0 saturated heterocycles. The topological polar surface area (TPSA) is 38.9 Å². The summed E-state index contributed by atoms with van der Waals surface area (Å²) < 4.78 is 7.39. The van der Waals surface area contributed by atoms with Crippen LogP contribution in [0.2, 0.25) is 0 Å². The number of nitrogens with zero attached hydrogens (tertiary/aromatic N) is 2. The van der Waals surface area contributed by atoms with Gasteiger partial charge < -0.3 is 4.42 Å². The van der Waals surface area contributed by atoms with E-state index in [-0.39, 0.29) is 0 Å². The maximum Gasteiger partial charge on any atom is 0.227 e. The van der Waals surface area contributed by atoms with Gasteiger partial charge in [0.05, 0.1) is 5.52 Å². The molecule has 0 radical (unpaired) electrons. The van der Waals surface area contributed by atoms with Crippen LogP contribution in [0.25, 0.3) is 77.5 Å². The van der Waals surface area contributed by atoms with Gasteiger partial charge in [0.25, 0.3) is 0 Å². The zero-order valence-electron chi connectivity index (χ0n) is 22.5. The van der Waals surface area contributed by atoms with Gasteiger partial charge in [-0.1, -0.05) is 91.0 Å². The van der Waals surface area contributed by atoms with E-state index < -0.39 is 0 Å². The number of pyridine rings is 2. The lowest BCUT2D eigenvalue weighted by atomic mass is 9.97. The third-order valence-electron chi connectivity index (χ3n) is 7.88. The Morgan fingerprint density at radius 1 is 0.500 bits per heavy atom. The van der Waals surface area contributed by atoms with Gasteiger partial charge in [-0.05, 0) is 92.4 Å². The molecule has 8 rings (SSSR count). The number of benzene rings is 5. The Kier molecular flexibility index (Phi) is 6.08. The average molecular weight is 651 g/mol. The van der Waals surface area contributed by atoms with Crippen molar-refractivity contribution in [2.24, 2.45) is 0 Å². The van der Waals surface area contributed by atoms with Crippen molar-refractivity contribution < 1.29 is 4.42 Å². The van der Waals surface area contributed by atoms with E-state index in [9.17, 15) is 0 Å². The van der Waals surface area contributed by atoms with Crippen LogP contribution in [0.5, 0.6) is 0 Å². The van der Waals surface area contributed by atoms with E-state index in [0.29, 0.717) is 5.71 Å². The summed E-state index contributed by atoms with van der Waals surface area (Å²) in [6.45, 7) is 0. The second-order valence-corrected chi connectivity index (χ2v) is 11.7. The third kappa shape index (κ3) is 4.45. The quantitative estimate of drug-likeness (QED) is 0.178. The van der Waals surface area contributed by atoms with Crippen molar-refractivity contribution in [1.29, 1.82) is 0 Å². The standard InChI is InChI=1S/C38H23IN2O/c39-32-18-16-25(17-19-32)24-6-8-26(9-7-24)29-14-15-30-21-31(23-41-36(30)22-29)27-10-12-28(13-11-27)33-3-1-4-34-35-5-2-20-40-38(35)42-37(33)34/h1-23H. The molecule has 8 aromatic rings. The van der Waals surface area contributed by atoms with E-state index in [2.05, 4.69) is 149 Å². The second kappa shape index (κ2) is 10.2. The molecule has 0 spiro atoms. The van der Waals surface area contributed by atoms with Crippen molar-refractivity contribution in [3.63, 3.8) is 0 Å². The molecule has 42 heavy (non-hydrogen) atoms. The Morgan fingerprint density at radius 2 is 1.12 bits per heavy atom. The molecule has 0 saturated carbocycles. The number of rotatable bonds is 4. The van der Waals surface area contributed by atoms with E-state index >= 15 is 0 Å². The minimum Gasteiger partial charge on any atom is -0.437 e. The molecule has 3 heterocycles. The van der Waals surface area contributed by atoms with Crippen molar-refractivity contribution >= 4 is 55.6 Å². The number of furan rings is 1. The van der Waals surface area contributed by atoms with E-state index in [1.807, 2.05) is 12.3 Å². The SMILES string of the molecule is Ic1ccc(-c2ccc(-c3ccc4cc(-c5ccc(-c6cccc7c6oc6ncccc67)cc5)cnc4c3)cc2)cc1. The molecular formula is C38H23IN2O. The van der Waals surface area contributed by atoms with Gasteiger partial charge in [-0.3, -0.25) is 4.98 Å². The summed E-state index contributed by atoms with van der Waals surface area (Å²) >= 11 is 2.34. The lowest BCUT2D eigenvalue weighted by molar-refractivity contribution is 0.655. The van der Waals surface area contributed by atoms with Crippen LogP contribution >= 0.6 is 22.6 Å². The van der Waals surface area contributed by atoms with Crippen molar-refractivity contribution in [1.82, 2.24) is 9.97 Å². The van der Waals surface area contributed by atoms with Crippen molar-refractivity contribution in [2.75, 3.05) is 0 Å². The summed E-state index contributed by atoms with van der Waals surface area (Å²) in [4.78, 5) is 9.24. The molecule has 0 amide bonds. The normalized spacial score (nSPS) is 11.5. The van der Waals surface area contributed by atoms with E-state index in [1.54, 1.807) is 6.20 Å².